The van der Waals surface area contributed by atoms with Gasteiger partial charge in [0.1, 0.15) is 0 Å². The number of rotatable bonds is 6. The van der Waals surface area contributed by atoms with Crippen molar-refractivity contribution in [2.45, 2.75) is 50.7 Å². The molecule has 0 radical (unpaired) electrons. The standard InChI is InChI=1S/C13H20N2O3S/c1-2-9-3-5-10(6-4-9)13-14-11(18-15-13)7-19-8-12(16)17/h9-10H,2-8H2,1H3,(H,16,17). The van der Waals surface area contributed by atoms with Gasteiger partial charge >= 0.3 is 5.97 Å². The minimum atomic E-state index is -0.817. The first kappa shape index (κ1) is 14.4. The quantitative estimate of drug-likeness (QED) is 0.865. The van der Waals surface area contributed by atoms with Gasteiger partial charge in [-0.3, -0.25) is 4.79 Å². The summed E-state index contributed by atoms with van der Waals surface area (Å²) in [5.74, 6) is 2.35. The summed E-state index contributed by atoms with van der Waals surface area (Å²) in [7, 11) is 0. The first-order valence-electron chi connectivity index (χ1n) is 6.81. The van der Waals surface area contributed by atoms with E-state index in [2.05, 4.69) is 17.1 Å². The summed E-state index contributed by atoms with van der Waals surface area (Å²) in [6, 6.07) is 0. The van der Waals surface area contributed by atoms with E-state index in [1.54, 1.807) is 0 Å². The molecule has 0 atom stereocenters. The minimum Gasteiger partial charge on any atom is -0.481 e. The number of nitrogens with zero attached hydrogens (tertiary/aromatic N) is 2. The number of hydrogen-bond acceptors (Lipinski definition) is 5. The predicted octanol–water partition coefficient (Wildman–Crippen LogP) is 3.07. The van der Waals surface area contributed by atoms with Gasteiger partial charge in [0, 0.05) is 5.92 Å². The van der Waals surface area contributed by atoms with Crippen molar-refractivity contribution >= 4 is 17.7 Å². The lowest BCUT2D eigenvalue weighted by Gasteiger charge is -2.25. The number of hydrogen-bond donors (Lipinski definition) is 1. The third-order valence-corrected chi connectivity index (χ3v) is 4.63. The molecule has 1 saturated carbocycles. The van der Waals surface area contributed by atoms with Gasteiger partial charge in [-0.05, 0) is 31.6 Å². The summed E-state index contributed by atoms with van der Waals surface area (Å²) in [5.41, 5.74) is 0. The highest BCUT2D eigenvalue weighted by Gasteiger charge is 2.25. The zero-order valence-corrected chi connectivity index (χ0v) is 12.0. The van der Waals surface area contributed by atoms with Crippen LogP contribution in [0.1, 0.15) is 56.7 Å². The number of aromatic nitrogens is 2. The van der Waals surface area contributed by atoms with Crippen molar-refractivity contribution in [3.05, 3.63) is 11.7 Å². The van der Waals surface area contributed by atoms with E-state index in [4.69, 9.17) is 9.63 Å². The molecular weight excluding hydrogens is 264 g/mol. The third-order valence-electron chi connectivity index (χ3n) is 3.72. The summed E-state index contributed by atoms with van der Waals surface area (Å²) in [5, 5.41) is 12.6. The second-order valence-electron chi connectivity index (χ2n) is 5.06. The molecule has 1 aromatic heterocycles. The Morgan fingerprint density at radius 2 is 2.16 bits per heavy atom. The number of carboxylic acids is 1. The van der Waals surface area contributed by atoms with Crippen molar-refractivity contribution in [2.24, 2.45) is 5.92 Å². The van der Waals surface area contributed by atoms with E-state index in [0.29, 0.717) is 17.6 Å². The first-order valence-corrected chi connectivity index (χ1v) is 7.96. The topological polar surface area (TPSA) is 76.2 Å². The van der Waals surface area contributed by atoms with Crippen LogP contribution in [0.2, 0.25) is 0 Å². The Morgan fingerprint density at radius 1 is 1.42 bits per heavy atom. The molecule has 1 fully saturated rings. The molecule has 0 aromatic carbocycles. The second-order valence-corrected chi connectivity index (χ2v) is 6.04. The molecule has 106 valence electrons. The summed E-state index contributed by atoms with van der Waals surface area (Å²) in [6.45, 7) is 2.25. The summed E-state index contributed by atoms with van der Waals surface area (Å²) in [4.78, 5) is 14.8. The molecule has 0 aliphatic heterocycles. The molecule has 1 aliphatic carbocycles. The fraction of sp³-hybridized carbons (Fsp3) is 0.769. The Kier molecular flexibility index (Phi) is 5.24. The van der Waals surface area contributed by atoms with Gasteiger partial charge in [0.15, 0.2) is 5.82 Å². The van der Waals surface area contributed by atoms with E-state index in [1.165, 1.54) is 31.0 Å². The van der Waals surface area contributed by atoms with Crippen molar-refractivity contribution in [3.8, 4) is 0 Å². The number of carboxylic acid groups (broad SMARTS) is 1. The van der Waals surface area contributed by atoms with Crippen LogP contribution in [0.4, 0.5) is 0 Å². The number of thioether (sulfide) groups is 1. The van der Waals surface area contributed by atoms with Crippen LogP contribution in [0.15, 0.2) is 4.52 Å². The minimum absolute atomic E-state index is 0.0688. The SMILES string of the molecule is CCC1CCC(c2noc(CSCC(=O)O)n2)CC1. The molecule has 6 heteroatoms. The smallest absolute Gasteiger partial charge is 0.313 e. The average molecular weight is 284 g/mol. The lowest BCUT2D eigenvalue weighted by molar-refractivity contribution is -0.133. The van der Waals surface area contributed by atoms with Gasteiger partial charge in [-0.25, -0.2) is 0 Å². The van der Waals surface area contributed by atoms with Crippen LogP contribution in [0.25, 0.3) is 0 Å². The Hall–Kier alpha value is -1.04. The van der Waals surface area contributed by atoms with Gasteiger partial charge in [-0.1, -0.05) is 18.5 Å². The summed E-state index contributed by atoms with van der Waals surface area (Å²) >= 11 is 1.28. The lowest BCUT2D eigenvalue weighted by atomic mass is 9.80. The largest absolute Gasteiger partial charge is 0.481 e. The molecule has 2 rings (SSSR count). The highest BCUT2D eigenvalue weighted by molar-refractivity contribution is 7.99. The van der Waals surface area contributed by atoms with Crippen LogP contribution in [0, 0.1) is 5.92 Å². The van der Waals surface area contributed by atoms with E-state index in [1.807, 2.05) is 0 Å². The van der Waals surface area contributed by atoms with E-state index in [0.717, 1.165) is 24.6 Å². The fourth-order valence-electron chi connectivity index (χ4n) is 2.55. The molecule has 1 aromatic rings. The maximum absolute atomic E-state index is 10.4. The van der Waals surface area contributed by atoms with Gasteiger partial charge in [-0.2, -0.15) is 4.98 Å². The van der Waals surface area contributed by atoms with Crippen molar-refractivity contribution in [1.29, 1.82) is 0 Å². The second kappa shape index (κ2) is 6.93. The molecule has 0 unspecified atom stereocenters. The molecule has 5 nitrogen and oxygen atoms in total. The van der Waals surface area contributed by atoms with Crippen LogP contribution in [-0.2, 0) is 10.5 Å². The molecular formula is C13H20N2O3S. The molecule has 0 spiro atoms. The Bertz CT molecular complexity index is 414. The van der Waals surface area contributed by atoms with Crippen molar-refractivity contribution in [3.63, 3.8) is 0 Å². The molecule has 1 aliphatic rings. The molecule has 0 amide bonds. The first-order chi connectivity index (χ1) is 9.19. The lowest BCUT2D eigenvalue weighted by Crippen LogP contribution is -2.13. The Balaban J connectivity index is 1.82. The van der Waals surface area contributed by atoms with E-state index >= 15 is 0 Å². The highest BCUT2D eigenvalue weighted by Crippen LogP contribution is 2.35. The molecule has 1 N–H and O–H groups in total. The van der Waals surface area contributed by atoms with Crippen molar-refractivity contribution in [2.75, 3.05) is 5.75 Å². The summed E-state index contributed by atoms with van der Waals surface area (Å²) < 4.78 is 5.18. The van der Waals surface area contributed by atoms with Gasteiger partial charge in [-0.15, -0.1) is 11.8 Å². The van der Waals surface area contributed by atoms with Crippen molar-refractivity contribution in [1.82, 2.24) is 10.1 Å². The number of carbonyl (C=O) groups is 1. The fourth-order valence-corrected chi connectivity index (χ4v) is 3.12. The Morgan fingerprint density at radius 3 is 2.79 bits per heavy atom. The zero-order chi connectivity index (χ0) is 13.7. The summed E-state index contributed by atoms with van der Waals surface area (Å²) in [6.07, 6.45) is 6.03. The normalized spacial score (nSPS) is 23.4. The molecule has 0 bridgehead atoms. The maximum Gasteiger partial charge on any atom is 0.313 e. The third kappa shape index (κ3) is 4.23. The van der Waals surface area contributed by atoms with Crippen molar-refractivity contribution < 1.29 is 14.4 Å². The van der Waals surface area contributed by atoms with Gasteiger partial charge < -0.3 is 9.63 Å². The Labute approximate surface area is 117 Å². The predicted molar refractivity (Wildman–Crippen MR) is 73.1 cm³/mol. The van der Waals surface area contributed by atoms with E-state index in [-0.39, 0.29) is 5.75 Å². The van der Waals surface area contributed by atoms with Crippen LogP contribution in [0.5, 0.6) is 0 Å². The van der Waals surface area contributed by atoms with Gasteiger partial charge in [0.2, 0.25) is 5.89 Å². The number of aliphatic carboxylic acids is 1. The van der Waals surface area contributed by atoms with Crippen LogP contribution in [0.3, 0.4) is 0 Å². The van der Waals surface area contributed by atoms with Crippen LogP contribution in [-0.4, -0.2) is 27.0 Å². The van der Waals surface area contributed by atoms with Gasteiger partial charge in [0.25, 0.3) is 0 Å². The van der Waals surface area contributed by atoms with Crippen LogP contribution >= 0.6 is 11.8 Å². The maximum atomic E-state index is 10.4. The molecule has 19 heavy (non-hydrogen) atoms. The van der Waals surface area contributed by atoms with Crippen LogP contribution < -0.4 is 0 Å². The van der Waals surface area contributed by atoms with Gasteiger partial charge in [0.05, 0.1) is 11.5 Å². The zero-order valence-electron chi connectivity index (χ0n) is 11.2. The van der Waals surface area contributed by atoms with E-state index < -0.39 is 5.97 Å². The molecule has 1 heterocycles. The average Bonchev–Trinajstić information content (AvgIpc) is 2.87. The van der Waals surface area contributed by atoms with E-state index in [9.17, 15) is 4.79 Å². The monoisotopic (exact) mass is 284 g/mol. The highest BCUT2D eigenvalue weighted by atomic mass is 32.2. The molecule has 0 saturated heterocycles.